The molecule has 0 aromatic carbocycles. The zero-order valence-corrected chi connectivity index (χ0v) is 14.4. The third-order valence-corrected chi connectivity index (χ3v) is 3.51. The van der Waals surface area contributed by atoms with E-state index < -0.39 is 5.91 Å². The lowest BCUT2D eigenvalue weighted by Crippen LogP contribution is -2.40. The average Bonchev–Trinajstić information content (AvgIpc) is 2.53. The van der Waals surface area contributed by atoms with E-state index in [0.717, 1.165) is 17.7 Å². The van der Waals surface area contributed by atoms with E-state index in [1.807, 2.05) is 13.8 Å². The van der Waals surface area contributed by atoms with E-state index in [9.17, 15) is 9.59 Å². The predicted molar refractivity (Wildman–Crippen MR) is 94.4 cm³/mol. The summed E-state index contributed by atoms with van der Waals surface area (Å²) in [6, 6.07) is 3.34. The van der Waals surface area contributed by atoms with Crippen molar-refractivity contribution in [2.75, 3.05) is 10.3 Å². The van der Waals surface area contributed by atoms with Crippen molar-refractivity contribution >= 4 is 29.5 Å². The van der Waals surface area contributed by atoms with Gasteiger partial charge >= 0.3 is 0 Å². The molecule has 9 heteroatoms. The second-order valence-corrected chi connectivity index (χ2v) is 5.71. The summed E-state index contributed by atoms with van der Waals surface area (Å²) in [5.41, 5.74) is 7.69. The lowest BCUT2D eigenvalue weighted by Gasteiger charge is -2.24. The summed E-state index contributed by atoms with van der Waals surface area (Å²) >= 11 is 0. The molecule has 1 atom stereocenters. The van der Waals surface area contributed by atoms with Crippen LogP contribution in [-0.2, 0) is 4.79 Å². The molecule has 0 aliphatic rings. The van der Waals surface area contributed by atoms with Gasteiger partial charge in [-0.15, -0.1) is 0 Å². The number of nitrogens with one attached hydrogen (secondary N) is 1. The van der Waals surface area contributed by atoms with Gasteiger partial charge in [-0.05, 0) is 32.9 Å². The number of aryl methyl sites for hydroxylation is 2. The van der Waals surface area contributed by atoms with Gasteiger partial charge in [-0.25, -0.2) is 15.8 Å². The zero-order valence-electron chi connectivity index (χ0n) is 14.4. The lowest BCUT2D eigenvalue weighted by atomic mass is 10.2. The molecule has 0 unspecified atom stereocenters. The van der Waals surface area contributed by atoms with Crippen LogP contribution in [0.1, 0.15) is 35.2 Å². The molecule has 132 valence electrons. The fourth-order valence-electron chi connectivity index (χ4n) is 2.29. The van der Waals surface area contributed by atoms with Crippen LogP contribution >= 0.6 is 0 Å². The van der Waals surface area contributed by atoms with E-state index in [-0.39, 0.29) is 24.0 Å². The molecular formula is C16H21N7O2. The number of aromatic nitrogens is 3. The Morgan fingerprint density at radius 3 is 2.52 bits per heavy atom. The van der Waals surface area contributed by atoms with E-state index in [4.69, 9.17) is 11.6 Å². The highest BCUT2D eigenvalue weighted by molar-refractivity contribution is 5.96. The molecule has 0 aliphatic heterocycles. The number of amides is 1. The Hall–Kier alpha value is -3.07. The summed E-state index contributed by atoms with van der Waals surface area (Å²) in [5.74, 6) is 5.76. The number of carbonyl (C=O) groups excluding carboxylic acids is 2. The number of anilines is 3. The SMILES string of the molecule is Cc1cc(Nc2nc(N(N)[C@H](C)CC=O)cnc2C(N)=O)cc(C)n1. The van der Waals surface area contributed by atoms with Gasteiger partial charge in [0, 0.05) is 23.5 Å². The Morgan fingerprint density at radius 2 is 1.96 bits per heavy atom. The smallest absolute Gasteiger partial charge is 0.271 e. The highest BCUT2D eigenvalue weighted by Crippen LogP contribution is 2.22. The largest absolute Gasteiger partial charge is 0.364 e. The van der Waals surface area contributed by atoms with Crippen LogP contribution in [0.5, 0.6) is 0 Å². The van der Waals surface area contributed by atoms with Crippen molar-refractivity contribution in [3.05, 3.63) is 35.4 Å². The van der Waals surface area contributed by atoms with E-state index in [1.165, 1.54) is 11.2 Å². The molecule has 2 aromatic heterocycles. The molecule has 25 heavy (non-hydrogen) atoms. The maximum atomic E-state index is 11.6. The first kappa shape index (κ1) is 18.3. The van der Waals surface area contributed by atoms with Gasteiger partial charge in [0.2, 0.25) is 0 Å². The highest BCUT2D eigenvalue weighted by atomic mass is 16.1. The Labute approximate surface area is 145 Å². The number of nitrogens with two attached hydrogens (primary N) is 2. The summed E-state index contributed by atoms with van der Waals surface area (Å²) in [4.78, 5) is 35.0. The quantitative estimate of drug-likeness (QED) is 0.384. The molecule has 0 spiro atoms. The van der Waals surface area contributed by atoms with Crippen LogP contribution in [0.2, 0.25) is 0 Å². The van der Waals surface area contributed by atoms with Gasteiger partial charge in [0.05, 0.1) is 12.2 Å². The third-order valence-electron chi connectivity index (χ3n) is 3.51. The molecule has 0 fully saturated rings. The molecule has 0 saturated carbocycles. The first-order valence-corrected chi connectivity index (χ1v) is 7.68. The van der Waals surface area contributed by atoms with Crippen LogP contribution in [-0.4, -0.2) is 33.2 Å². The maximum Gasteiger partial charge on any atom is 0.271 e. The third kappa shape index (κ3) is 4.48. The number of carbonyl (C=O) groups is 2. The van der Waals surface area contributed by atoms with Crippen LogP contribution < -0.4 is 21.9 Å². The number of nitrogens with zero attached hydrogens (tertiary/aromatic N) is 4. The zero-order chi connectivity index (χ0) is 18.6. The number of pyridine rings is 1. The summed E-state index contributed by atoms with van der Waals surface area (Å²) in [6.45, 7) is 5.50. The molecule has 5 N–H and O–H groups in total. The Balaban J connectivity index is 2.41. The molecule has 0 aliphatic carbocycles. The molecule has 0 bridgehead atoms. The summed E-state index contributed by atoms with van der Waals surface area (Å²) in [6.07, 6.45) is 2.36. The van der Waals surface area contributed by atoms with Gasteiger partial charge in [0.1, 0.15) is 6.29 Å². The molecule has 0 radical (unpaired) electrons. The van der Waals surface area contributed by atoms with Crippen LogP contribution in [0.3, 0.4) is 0 Å². The standard InChI is InChI=1S/C16H21N7O2/c1-9-6-12(7-10(2)20-9)21-16-14(15(17)25)19-8-13(22-16)23(18)11(3)4-5-24/h5-8,11H,4,18H2,1-3H3,(H2,17,25)(H,20,21,22)/t11-/m1/s1. The topological polar surface area (TPSA) is 140 Å². The van der Waals surface area contributed by atoms with E-state index in [2.05, 4.69) is 20.3 Å². The molecular weight excluding hydrogens is 322 g/mol. The average molecular weight is 343 g/mol. The van der Waals surface area contributed by atoms with Crippen molar-refractivity contribution < 1.29 is 9.59 Å². The number of aldehydes is 1. The predicted octanol–water partition coefficient (Wildman–Crippen LogP) is 0.989. The highest BCUT2D eigenvalue weighted by Gasteiger charge is 2.18. The van der Waals surface area contributed by atoms with Crippen LogP contribution in [0, 0.1) is 13.8 Å². The van der Waals surface area contributed by atoms with E-state index in [1.54, 1.807) is 19.1 Å². The minimum atomic E-state index is -0.714. The monoisotopic (exact) mass is 343 g/mol. The Morgan fingerprint density at radius 1 is 1.32 bits per heavy atom. The fraction of sp³-hybridized carbons (Fsp3) is 0.312. The van der Waals surface area contributed by atoms with Crippen molar-refractivity contribution in [3.8, 4) is 0 Å². The normalized spacial score (nSPS) is 11.7. The lowest BCUT2D eigenvalue weighted by molar-refractivity contribution is -0.108. The van der Waals surface area contributed by atoms with Crippen LogP contribution in [0.25, 0.3) is 0 Å². The Kier molecular flexibility index (Phi) is 5.60. The van der Waals surface area contributed by atoms with Crippen LogP contribution in [0.15, 0.2) is 18.3 Å². The van der Waals surface area contributed by atoms with Gasteiger partial charge in [-0.2, -0.15) is 0 Å². The van der Waals surface area contributed by atoms with Gasteiger partial charge in [0.15, 0.2) is 17.3 Å². The number of hydrogen-bond donors (Lipinski definition) is 3. The fourth-order valence-corrected chi connectivity index (χ4v) is 2.29. The minimum absolute atomic E-state index is 0.00712. The summed E-state index contributed by atoms with van der Waals surface area (Å²) in [7, 11) is 0. The minimum Gasteiger partial charge on any atom is -0.364 e. The molecule has 0 saturated heterocycles. The van der Waals surface area contributed by atoms with Crippen LogP contribution in [0.4, 0.5) is 17.3 Å². The van der Waals surface area contributed by atoms with Gasteiger partial charge < -0.3 is 15.8 Å². The number of primary amides is 1. The summed E-state index contributed by atoms with van der Waals surface area (Å²) in [5, 5.41) is 4.36. The second kappa shape index (κ2) is 7.67. The van der Waals surface area contributed by atoms with Gasteiger partial charge in [0.25, 0.3) is 5.91 Å². The second-order valence-electron chi connectivity index (χ2n) is 5.71. The summed E-state index contributed by atoms with van der Waals surface area (Å²) < 4.78 is 0. The number of hydrogen-bond acceptors (Lipinski definition) is 8. The van der Waals surface area contributed by atoms with Crippen molar-refractivity contribution in [1.82, 2.24) is 15.0 Å². The number of rotatable bonds is 7. The molecule has 9 nitrogen and oxygen atoms in total. The Bertz CT molecular complexity index is 774. The maximum absolute atomic E-state index is 11.6. The molecule has 2 rings (SSSR count). The number of hydrazine groups is 1. The first-order chi connectivity index (χ1) is 11.8. The van der Waals surface area contributed by atoms with Crippen molar-refractivity contribution in [3.63, 3.8) is 0 Å². The first-order valence-electron chi connectivity index (χ1n) is 7.68. The van der Waals surface area contributed by atoms with E-state index in [0.29, 0.717) is 11.5 Å². The molecule has 1 amide bonds. The van der Waals surface area contributed by atoms with Gasteiger partial charge in [-0.1, -0.05) is 0 Å². The molecule has 2 heterocycles. The van der Waals surface area contributed by atoms with E-state index >= 15 is 0 Å². The molecule has 2 aromatic rings. The van der Waals surface area contributed by atoms with Crippen molar-refractivity contribution in [2.24, 2.45) is 11.6 Å². The van der Waals surface area contributed by atoms with Crippen molar-refractivity contribution in [2.45, 2.75) is 33.2 Å². The van der Waals surface area contributed by atoms with Gasteiger partial charge in [-0.3, -0.25) is 14.8 Å². The van der Waals surface area contributed by atoms with Crippen molar-refractivity contribution in [1.29, 1.82) is 0 Å².